The summed E-state index contributed by atoms with van der Waals surface area (Å²) in [6.07, 6.45) is 0. The number of ether oxygens (including phenoxy) is 2. The molecule has 0 bridgehead atoms. The molecular formula is C18H22BrN3O3. The zero-order valence-electron chi connectivity index (χ0n) is 14.7. The fraction of sp³-hybridized carbons (Fsp3) is 0.278. The Bertz CT molecular complexity index is 763. The van der Waals surface area contributed by atoms with Gasteiger partial charge in [0, 0.05) is 12.6 Å². The van der Waals surface area contributed by atoms with Crippen molar-refractivity contribution in [1.29, 1.82) is 0 Å². The molecule has 2 N–H and O–H groups in total. The molecule has 0 aliphatic rings. The molecule has 0 saturated heterocycles. The van der Waals surface area contributed by atoms with Crippen LogP contribution in [-0.4, -0.2) is 27.0 Å². The quantitative estimate of drug-likeness (QED) is 0.430. The zero-order chi connectivity index (χ0) is 18.4. The topological polar surface area (TPSA) is 69.3 Å². The van der Waals surface area contributed by atoms with Crippen LogP contribution in [0.1, 0.15) is 18.1 Å². The summed E-state index contributed by atoms with van der Waals surface area (Å²) in [7, 11) is 4.93. The van der Waals surface area contributed by atoms with Crippen LogP contribution in [0.25, 0.3) is 0 Å². The Morgan fingerprint density at radius 3 is 2.56 bits per heavy atom. The fourth-order valence-corrected chi connectivity index (χ4v) is 2.90. The molecule has 0 unspecified atom stereocenters. The molecular weight excluding hydrogens is 386 g/mol. The second-order valence-corrected chi connectivity index (χ2v) is 6.22. The molecule has 0 spiro atoms. The van der Waals surface area contributed by atoms with E-state index in [0.717, 1.165) is 32.7 Å². The first-order chi connectivity index (χ1) is 12.0. The number of nitrogens with zero attached hydrogens (tertiary/aromatic N) is 2. The molecule has 7 heteroatoms. The van der Waals surface area contributed by atoms with E-state index in [1.54, 1.807) is 19.2 Å². The summed E-state index contributed by atoms with van der Waals surface area (Å²) in [4.78, 5) is 4.81. The third-order valence-corrected chi connectivity index (χ3v) is 4.28. The highest BCUT2D eigenvalue weighted by Crippen LogP contribution is 2.32. The van der Waals surface area contributed by atoms with Crippen LogP contribution in [0.2, 0.25) is 0 Å². The third-order valence-electron chi connectivity index (χ3n) is 3.66. The van der Waals surface area contributed by atoms with E-state index in [4.69, 9.17) is 20.2 Å². The summed E-state index contributed by atoms with van der Waals surface area (Å²) >= 11 is 3.54. The van der Waals surface area contributed by atoms with Gasteiger partial charge in [-0.25, -0.2) is 5.84 Å². The fourth-order valence-electron chi connectivity index (χ4n) is 2.40. The van der Waals surface area contributed by atoms with Crippen molar-refractivity contribution in [3.8, 4) is 11.5 Å². The van der Waals surface area contributed by atoms with Gasteiger partial charge in [0.15, 0.2) is 0 Å². The Morgan fingerprint density at radius 1 is 1.20 bits per heavy atom. The zero-order valence-corrected chi connectivity index (χ0v) is 16.3. The minimum absolute atomic E-state index is 0.323. The maximum atomic E-state index is 5.97. The van der Waals surface area contributed by atoms with E-state index in [1.165, 1.54) is 7.11 Å². The van der Waals surface area contributed by atoms with Crippen LogP contribution in [0.3, 0.4) is 0 Å². The van der Waals surface area contributed by atoms with Crippen LogP contribution in [0.4, 0.5) is 5.69 Å². The molecule has 0 aromatic heterocycles. The average molecular weight is 408 g/mol. The molecule has 0 amide bonds. The maximum Gasteiger partial charge on any atom is 0.134 e. The number of benzene rings is 2. The lowest BCUT2D eigenvalue weighted by Crippen LogP contribution is -2.26. The van der Waals surface area contributed by atoms with Crippen LogP contribution in [0.15, 0.2) is 46.0 Å². The van der Waals surface area contributed by atoms with Crippen molar-refractivity contribution in [3.63, 3.8) is 0 Å². The largest absolute Gasteiger partial charge is 0.496 e. The number of hydrogen-bond donors (Lipinski definition) is 1. The number of methoxy groups -OCH3 is 1. The predicted octanol–water partition coefficient (Wildman–Crippen LogP) is 3.72. The monoisotopic (exact) mass is 407 g/mol. The molecule has 25 heavy (non-hydrogen) atoms. The summed E-state index contributed by atoms with van der Waals surface area (Å²) in [5, 5.41) is 5.48. The lowest BCUT2D eigenvalue weighted by atomic mass is 10.1. The highest BCUT2D eigenvalue weighted by atomic mass is 79.9. The van der Waals surface area contributed by atoms with Crippen molar-refractivity contribution < 1.29 is 14.3 Å². The van der Waals surface area contributed by atoms with Gasteiger partial charge >= 0.3 is 0 Å². The second kappa shape index (κ2) is 8.73. The number of anilines is 1. The lowest BCUT2D eigenvalue weighted by molar-refractivity contribution is 0.213. The minimum atomic E-state index is 0.323. The van der Waals surface area contributed by atoms with Crippen molar-refractivity contribution >= 4 is 27.3 Å². The number of hydrogen-bond acceptors (Lipinski definition) is 6. The summed E-state index contributed by atoms with van der Waals surface area (Å²) in [6.45, 7) is 2.20. The summed E-state index contributed by atoms with van der Waals surface area (Å²) < 4.78 is 12.2. The van der Waals surface area contributed by atoms with Crippen LogP contribution in [0.5, 0.6) is 11.5 Å². The Labute approximate surface area is 156 Å². The number of oxime groups is 1. The Balaban J connectivity index is 2.24. The van der Waals surface area contributed by atoms with Crippen LogP contribution < -0.4 is 20.3 Å². The van der Waals surface area contributed by atoms with E-state index in [-0.39, 0.29) is 0 Å². The molecule has 2 aromatic rings. The van der Waals surface area contributed by atoms with Gasteiger partial charge in [-0.1, -0.05) is 11.2 Å². The normalized spacial score (nSPS) is 11.2. The van der Waals surface area contributed by atoms with Gasteiger partial charge in [0.2, 0.25) is 0 Å². The molecule has 2 aromatic carbocycles. The minimum Gasteiger partial charge on any atom is -0.496 e. The molecule has 0 aliphatic heterocycles. The number of nitrogens with two attached hydrogens (primary N) is 1. The second-order valence-electron chi connectivity index (χ2n) is 5.36. The van der Waals surface area contributed by atoms with Gasteiger partial charge in [-0.15, -0.1) is 0 Å². The van der Waals surface area contributed by atoms with Gasteiger partial charge in [-0.3, -0.25) is 0 Å². The van der Waals surface area contributed by atoms with Crippen LogP contribution in [0, 0.1) is 0 Å². The van der Waals surface area contributed by atoms with Gasteiger partial charge in [0.05, 0.1) is 28.5 Å². The Hall–Kier alpha value is -2.25. The van der Waals surface area contributed by atoms with Gasteiger partial charge in [0.25, 0.3) is 0 Å². The van der Waals surface area contributed by atoms with Gasteiger partial charge in [-0.05, 0) is 53.2 Å². The van der Waals surface area contributed by atoms with Crippen molar-refractivity contribution in [2.75, 3.05) is 26.3 Å². The van der Waals surface area contributed by atoms with Gasteiger partial charge < -0.3 is 19.3 Å². The average Bonchev–Trinajstić information content (AvgIpc) is 2.60. The SMILES string of the molecule is CON=C(C)c1ccc(OCc2c(OC)cccc2N(C)N)c(Br)c1. The van der Waals surface area contributed by atoms with Crippen molar-refractivity contribution in [3.05, 3.63) is 52.0 Å². The molecule has 0 radical (unpaired) electrons. The van der Waals surface area contributed by atoms with E-state index in [9.17, 15) is 0 Å². The smallest absolute Gasteiger partial charge is 0.134 e. The van der Waals surface area contributed by atoms with E-state index in [0.29, 0.717) is 12.4 Å². The number of rotatable bonds is 7. The molecule has 6 nitrogen and oxygen atoms in total. The van der Waals surface area contributed by atoms with Crippen molar-refractivity contribution in [2.24, 2.45) is 11.0 Å². The van der Waals surface area contributed by atoms with Crippen LogP contribution in [-0.2, 0) is 11.4 Å². The summed E-state index contributed by atoms with van der Waals surface area (Å²) in [5.74, 6) is 7.35. The predicted molar refractivity (Wildman–Crippen MR) is 103 cm³/mol. The van der Waals surface area contributed by atoms with E-state index < -0.39 is 0 Å². The first kappa shape index (κ1) is 19.1. The first-order valence-corrected chi connectivity index (χ1v) is 8.42. The maximum absolute atomic E-state index is 5.97. The number of halogens is 1. The molecule has 0 atom stereocenters. The molecule has 0 fully saturated rings. The van der Waals surface area contributed by atoms with Gasteiger partial charge in [-0.2, -0.15) is 0 Å². The molecule has 134 valence electrons. The van der Waals surface area contributed by atoms with Gasteiger partial charge in [0.1, 0.15) is 25.2 Å². The van der Waals surface area contributed by atoms with Crippen LogP contribution >= 0.6 is 15.9 Å². The summed E-state index contributed by atoms with van der Waals surface area (Å²) in [6, 6.07) is 11.4. The van der Waals surface area contributed by atoms with Crippen molar-refractivity contribution in [2.45, 2.75) is 13.5 Å². The molecule has 0 heterocycles. The van der Waals surface area contributed by atoms with E-state index in [1.807, 2.05) is 43.3 Å². The Morgan fingerprint density at radius 2 is 1.96 bits per heavy atom. The highest BCUT2D eigenvalue weighted by Gasteiger charge is 2.13. The third kappa shape index (κ3) is 4.64. The highest BCUT2D eigenvalue weighted by molar-refractivity contribution is 9.10. The number of hydrazine groups is 1. The summed E-state index contributed by atoms with van der Waals surface area (Å²) in [5.41, 5.74) is 3.45. The molecule has 2 rings (SSSR count). The molecule has 0 aliphatic carbocycles. The first-order valence-electron chi connectivity index (χ1n) is 7.62. The van der Waals surface area contributed by atoms with Crippen molar-refractivity contribution in [1.82, 2.24) is 0 Å². The lowest BCUT2D eigenvalue weighted by Gasteiger charge is -2.20. The molecule has 0 saturated carbocycles. The van der Waals surface area contributed by atoms with E-state index >= 15 is 0 Å². The standard InChI is InChI=1S/C18H22BrN3O3/c1-12(21-24-4)13-8-9-18(15(19)10-13)25-11-14-16(22(2)20)6-5-7-17(14)23-3/h5-10H,11,20H2,1-4H3. The van der Waals surface area contributed by atoms with E-state index in [2.05, 4.69) is 21.1 Å². The Kier molecular flexibility index (Phi) is 6.66.